The quantitative estimate of drug-likeness (QED) is 0.637. The predicted molar refractivity (Wildman–Crippen MR) is 97.8 cm³/mol. The molecule has 3 heterocycles. The highest BCUT2D eigenvalue weighted by Gasteiger charge is 2.17. The Hall–Kier alpha value is -3.04. The number of hydrogen-bond donors (Lipinski definition) is 1. The molecule has 0 radical (unpaired) electrons. The fourth-order valence-corrected chi connectivity index (χ4v) is 2.58. The van der Waals surface area contributed by atoms with Crippen molar-refractivity contribution in [2.24, 2.45) is 7.05 Å². The molecular weight excluding hydrogens is 374 g/mol. The van der Waals surface area contributed by atoms with Crippen molar-refractivity contribution < 1.29 is 18.9 Å². The van der Waals surface area contributed by atoms with Crippen LogP contribution in [0.25, 0.3) is 11.1 Å². The average Bonchev–Trinajstić information content (AvgIpc) is 3.25. The summed E-state index contributed by atoms with van der Waals surface area (Å²) in [6.45, 7) is 0.804. The first-order valence-electron chi connectivity index (χ1n) is 7.86. The molecule has 0 atom stereocenters. The van der Waals surface area contributed by atoms with E-state index < -0.39 is 0 Å². The Kier molecular flexibility index (Phi) is 5.63. The van der Waals surface area contributed by atoms with Gasteiger partial charge in [-0.15, -0.1) is 5.10 Å². The van der Waals surface area contributed by atoms with E-state index >= 15 is 0 Å². The monoisotopic (exact) mass is 391 g/mol. The maximum absolute atomic E-state index is 5.77. The summed E-state index contributed by atoms with van der Waals surface area (Å²) in [5.41, 5.74) is 1.79. The van der Waals surface area contributed by atoms with E-state index in [0.717, 1.165) is 16.9 Å². The molecule has 27 heavy (non-hydrogen) atoms. The highest BCUT2D eigenvalue weighted by atomic mass is 35.5. The zero-order chi connectivity index (χ0) is 17.9. The number of ether oxygens (including phenoxy) is 4. The van der Waals surface area contributed by atoms with Crippen LogP contribution in [0.4, 0.5) is 0 Å². The summed E-state index contributed by atoms with van der Waals surface area (Å²) in [6, 6.07) is 5.96. The molecule has 0 fully saturated rings. The van der Waals surface area contributed by atoms with Gasteiger partial charge < -0.3 is 25.1 Å². The Balaban J connectivity index is 0.00000210. The van der Waals surface area contributed by atoms with Crippen molar-refractivity contribution >= 4 is 11.6 Å². The second kappa shape index (κ2) is 8.11. The third-order valence-electron chi connectivity index (χ3n) is 3.63. The number of halogens is 1. The van der Waals surface area contributed by atoms with Crippen LogP contribution in [0.2, 0.25) is 5.02 Å². The number of benzene rings is 1. The number of fused-ring (bicyclic) bond motifs is 1. The summed E-state index contributed by atoms with van der Waals surface area (Å²) in [7, 11) is 1.83. The molecule has 3 aromatic rings. The number of hydrogen-bond acceptors (Lipinski definition) is 8. The van der Waals surface area contributed by atoms with Crippen LogP contribution in [0, 0.1) is 0 Å². The van der Waals surface area contributed by atoms with Crippen LogP contribution in [0.1, 0.15) is 0 Å². The first kappa shape index (κ1) is 18.7. The van der Waals surface area contributed by atoms with Crippen LogP contribution in [0.15, 0.2) is 36.8 Å². The summed E-state index contributed by atoms with van der Waals surface area (Å²) < 4.78 is 23.7. The Morgan fingerprint density at radius 2 is 1.85 bits per heavy atom. The lowest BCUT2D eigenvalue weighted by molar-refractivity contribution is 0.174. The van der Waals surface area contributed by atoms with E-state index in [2.05, 4.69) is 15.1 Å². The number of aryl methyl sites for hydroxylation is 1. The Morgan fingerprint density at radius 1 is 1.11 bits per heavy atom. The summed E-state index contributed by atoms with van der Waals surface area (Å²) in [5.74, 6) is 1.95. The van der Waals surface area contributed by atoms with E-state index in [4.69, 9.17) is 30.5 Å². The first-order chi connectivity index (χ1) is 12.7. The normalized spacial score (nSPS) is 11.8. The van der Waals surface area contributed by atoms with Gasteiger partial charge in [0.05, 0.1) is 23.0 Å². The maximum atomic E-state index is 5.77. The van der Waals surface area contributed by atoms with Crippen molar-refractivity contribution in [3.05, 3.63) is 41.8 Å². The van der Waals surface area contributed by atoms with Gasteiger partial charge in [-0.2, -0.15) is 0 Å². The lowest BCUT2D eigenvalue weighted by atomic mass is 10.1. The minimum atomic E-state index is 0. The van der Waals surface area contributed by atoms with Gasteiger partial charge in [-0.05, 0) is 17.7 Å². The lowest BCUT2D eigenvalue weighted by Gasteiger charge is -2.07. The van der Waals surface area contributed by atoms with Gasteiger partial charge in [-0.3, -0.25) is 4.68 Å². The fraction of sp³-hybridized carbons (Fsp3) is 0.235. The van der Waals surface area contributed by atoms with Gasteiger partial charge >= 0.3 is 6.01 Å². The molecule has 10 heteroatoms. The van der Waals surface area contributed by atoms with Crippen molar-refractivity contribution in [1.29, 1.82) is 0 Å². The smallest absolute Gasteiger partial charge is 0.316 e. The van der Waals surface area contributed by atoms with Gasteiger partial charge in [0.15, 0.2) is 11.5 Å². The van der Waals surface area contributed by atoms with Gasteiger partial charge in [0.25, 0.3) is 0 Å². The van der Waals surface area contributed by atoms with Crippen LogP contribution in [0.5, 0.6) is 23.4 Å². The number of rotatable bonds is 6. The third-order valence-corrected chi connectivity index (χ3v) is 3.82. The van der Waals surface area contributed by atoms with E-state index in [0.29, 0.717) is 23.3 Å². The van der Waals surface area contributed by atoms with E-state index in [-0.39, 0.29) is 25.6 Å². The zero-order valence-corrected chi connectivity index (χ0v) is 15.3. The Morgan fingerprint density at radius 3 is 2.67 bits per heavy atom. The first-order valence-corrected chi connectivity index (χ1v) is 8.23. The molecule has 4 rings (SSSR count). The maximum Gasteiger partial charge on any atom is 0.316 e. The molecule has 3 N–H and O–H groups in total. The molecule has 2 aromatic heterocycles. The number of aromatic nitrogens is 4. The molecule has 9 nitrogen and oxygen atoms in total. The molecule has 1 aliphatic heterocycles. The second-order valence-corrected chi connectivity index (χ2v) is 5.91. The lowest BCUT2D eigenvalue weighted by Crippen LogP contribution is -2.11. The fourth-order valence-electron chi connectivity index (χ4n) is 2.48. The zero-order valence-electron chi connectivity index (χ0n) is 14.6. The Labute approximate surface area is 160 Å². The minimum absolute atomic E-state index is 0. The van der Waals surface area contributed by atoms with Gasteiger partial charge in [-0.1, -0.05) is 17.7 Å². The largest absolute Gasteiger partial charge is 0.473 e. The van der Waals surface area contributed by atoms with Crippen molar-refractivity contribution in [2.45, 2.75) is 0 Å². The third kappa shape index (κ3) is 4.21. The number of nitrogens with zero attached hydrogens (tertiary/aromatic N) is 4. The van der Waals surface area contributed by atoms with Crippen molar-refractivity contribution in [3.63, 3.8) is 0 Å². The molecule has 0 spiro atoms. The Bertz CT molecular complexity index is 916. The summed E-state index contributed by atoms with van der Waals surface area (Å²) in [6.07, 6.45) is 4.83. The molecule has 0 aliphatic carbocycles. The van der Waals surface area contributed by atoms with Crippen LogP contribution < -0.4 is 25.1 Å². The van der Waals surface area contributed by atoms with Crippen LogP contribution in [-0.4, -0.2) is 39.8 Å². The van der Waals surface area contributed by atoms with Gasteiger partial charge in [0.2, 0.25) is 12.7 Å². The van der Waals surface area contributed by atoms with Crippen LogP contribution >= 0.6 is 11.6 Å². The highest BCUT2D eigenvalue weighted by Crippen LogP contribution is 2.38. The van der Waals surface area contributed by atoms with Crippen molar-refractivity contribution in [2.75, 3.05) is 20.0 Å². The minimum Gasteiger partial charge on any atom is -0.473 e. The molecule has 1 aromatic carbocycles. The van der Waals surface area contributed by atoms with Crippen molar-refractivity contribution in [1.82, 2.24) is 25.9 Å². The van der Waals surface area contributed by atoms with E-state index in [1.807, 2.05) is 31.4 Å². The molecule has 0 unspecified atom stereocenters. The topological polar surface area (TPSA) is 116 Å². The summed E-state index contributed by atoms with van der Waals surface area (Å²) in [4.78, 5) is 7.92. The highest BCUT2D eigenvalue weighted by molar-refractivity contribution is 6.30. The van der Waals surface area contributed by atoms with Crippen molar-refractivity contribution in [3.8, 4) is 34.5 Å². The van der Waals surface area contributed by atoms with Gasteiger partial charge in [0.1, 0.15) is 13.2 Å². The predicted octanol–water partition coefficient (Wildman–Crippen LogP) is 2.88. The molecule has 142 valence electrons. The summed E-state index contributed by atoms with van der Waals surface area (Å²) >= 11 is 5.73. The molecule has 0 bridgehead atoms. The second-order valence-electron chi connectivity index (χ2n) is 5.47. The van der Waals surface area contributed by atoms with Crippen LogP contribution in [0.3, 0.4) is 0 Å². The molecule has 0 saturated carbocycles. The van der Waals surface area contributed by atoms with E-state index in [9.17, 15) is 0 Å². The SMILES string of the molecule is Cn1cc(-c2ccc3c(c2)OCO3)c(OCCOc2ncc(Cl)cn2)n1.N. The summed E-state index contributed by atoms with van der Waals surface area (Å²) in [5, 5.41) is 4.81. The van der Waals surface area contributed by atoms with E-state index in [1.165, 1.54) is 12.4 Å². The molecular formula is C17H18ClN5O4. The standard InChI is InChI=1S/C17H15ClN4O4.H3N/c1-22-9-13(11-2-3-14-15(6-11)26-10-25-14)16(21-22)23-4-5-24-17-19-7-12(18)8-20-17;/h2-3,6-9H,4-5,10H2,1H3;1H3. The molecule has 0 saturated heterocycles. The average molecular weight is 392 g/mol. The van der Waals surface area contributed by atoms with E-state index in [1.54, 1.807) is 4.68 Å². The van der Waals surface area contributed by atoms with Crippen LogP contribution in [-0.2, 0) is 7.05 Å². The molecule has 1 aliphatic rings. The van der Waals surface area contributed by atoms with Gasteiger partial charge in [-0.25, -0.2) is 9.97 Å². The molecule has 0 amide bonds. The van der Waals surface area contributed by atoms with Gasteiger partial charge in [0, 0.05) is 13.2 Å².